The minimum Gasteiger partial charge on any atom is -0.406 e. The van der Waals surface area contributed by atoms with E-state index in [1.54, 1.807) is 0 Å². The number of carbonyl (C=O) groups is 1. The zero-order valence-corrected chi connectivity index (χ0v) is 12.8. The molecule has 1 N–H and O–H groups in total. The number of fused-ring (bicyclic) bond motifs is 1. The zero-order valence-electron chi connectivity index (χ0n) is 12.8. The zero-order chi connectivity index (χ0) is 17.2. The second kappa shape index (κ2) is 6.98. The summed E-state index contributed by atoms with van der Waals surface area (Å²) in [6.07, 6.45) is -2.40. The summed E-state index contributed by atoms with van der Waals surface area (Å²) in [6.45, 7) is 1.16. The summed E-state index contributed by atoms with van der Waals surface area (Å²) in [4.78, 5) is 12.2. The van der Waals surface area contributed by atoms with Crippen LogP contribution in [0.15, 0.2) is 24.3 Å². The second-order valence-electron chi connectivity index (χ2n) is 5.87. The van der Waals surface area contributed by atoms with Gasteiger partial charge in [-0.05, 0) is 43.5 Å². The Morgan fingerprint density at radius 3 is 2.42 bits per heavy atom. The number of carbonyl (C=O) groups excluding carboxylic acids is 1. The SMILES string of the molecule is O=C(NC1CCC2OCCOC2C1)c1ccc(OC(F)(F)F)cc1. The number of halogens is 3. The standard InChI is InChI=1S/C16H18F3NO4/c17-16(18,19)24-12-4-1-10(2-5-12)15(21)20-11-3-6-13-14(9-11)23-8-7-22-13/h1-2,4-5,11,13-14H,3,6-9H2,(H,20,21). The van der Waals surface area contributed by atoms with Crippen LogP contribution < -0.4 is 10.1 Å². The summed E-state index contributed by atoms with van der Waals surface area (Å²) < 4.78 is 51.4. The Kier molecular flexibility index (Phi) is 4.96. The number of rotatable bonds is 3. The van der Waals surface area contributed by atoms with Crippen molar-refractivity contribution in [2.75, 3.05) is 13.2 Å². The minimum atomic E-state index is -4.75. The highest BCUT2D eigenvalue weighted by Crippen LogP contribution is 2.27. The Morgan fingerprint density at radius 2 is 1.75 bits per heavy atom. The van der Waals surface area contributed by atoms with Gasteiger partial charge in [0.2, 0.25) is 0 Å². The topological polar surface area (TPSA) is 56.8 Å². The van der Waals surface area contributed by atoms with Gasteiger partial charge in [0.1, 0.15) is 5.75 Å². The molecule has 1 aromatic carbocycles. The van der Waals surface area contributed by atoms with Gasteiger partial charge in [-0.1, -0.05) is 0 Å². The fourth-order valence-corrected chi connectivity index (χ4v) is 3.07. The lowest BCUT2D eigenvalue weighted by molar-refractivity contribution is -0.274. The smallest absolute Gasteiger partial charge is 0.406 e. The fourth-order valence-electron chi connectivity index (χ4n) is 3.07. The van der Waals surface area contributed by atoms with Crippen LogP contribution in [0.1, 0.15) is 29.6 Å². The van der Waals surface area contributed by atoms with Gasteiger partial charge in [0.15, 0.2) is 0 Å². The van der Waals surface area contributed by atoms with Crippen LogP contribution in [0.3, 0.4) is 0 Å². The van der Waals surface area contributed by atoms with Crippen LogP contribution in [0.2, 0.25) is 0 Å². The molecule has 1 heterocycles. The van der Waals surface area contributed by atoms with Crippen molar-refractivity contribution < 1.29 is 32.2 Å². The van der Waals surface area contributed by atoms with E-state index in [1.165, 1.54) is 12.1 Å². The van der Waals surface area contributed by atoms with Crippen molar-refractivity contribution in [2.45, 2.75) is 43.9 Å². The Bertz CT molecular complexity index is 576. The van der Waals surface area contributed by atoms with Crippen molar-refractivity contribution in [2.24, 2.45) is 0 Å². The summed E-state index contributed by atoms with van der Waals surface area (Å²) in [5.74, 6) is -0.680. The predicted molar refractivity (Wildman–Crippen MR) is 77.7 cm³/mol. The number of alkyl halides is 3. The highest BCUT2D eigenvalue weighted by Gasteiger charge is 2.35. The highest BCUT2D eigenvalue weighted by atomic mass is 19.4. The van der Waals surface area contributed by atoms with Crippen LogP contribution in [-0.4, -0.2) is 43.7 Å². The van der Waals surface area contributed by atoms with Crippen LogP contribution >= 0.6 is 0 Å². The van der Waals surface area contributed by atoms with E-state index in [2.05, 4.69) is 10.1 Å². The number of hydrogen-bond donors (Lipinski definition) is 1. The molecule has 1 amide bonds. The normalized spacial score (nSPS) is 27.2. The van der Waals surface area contributed by atoms with E-state index in [0.29, 0.717) is 19.6 Å². The van der Waals surface area contributed by atoms with Crippen molar-refractivity contribution in [1.29, 1.82) is 0 Å². The Morgan fingerprint density at radius 1 is 1.08 bits per heavy atom. The third kappa shape index (κ3) is 4.39. The Balaban J connectivity index is 1.55. The van der Waals surface area contributed by atoms with E-state index in [0.717, 1.165) is 25.0 Å². The van der Waals surface area contributed by atoms with Crippen molar-refractivity contribution in [3.05, 3.63) is 29.8 Å². The maximum atomic E-state index is 12.2. The molecule has 8 heteroatoms. The molecule has 1 aliphatic heterocycles. The van der Waals surface area contributed by atoms with Crippen molar-refractivity contribution >= 4 is 5.91 Å². The third-order valence-corrected chi connectivity index (χ3v) is 4.16. The molecule has 3 rings (SSSR count). The number of ether oxygens (including phenoxy) is 3. The lowest BCUT2D eigenvalue weighted by Gasteiger charge is -2.39. The molecule has 1 saturated heterocycles. The largest absolute Gasteiger partial charge is 0.573 e. The molecule has 1 aliphatic carbocycles. The molecule has 5 nitrogen and oxygen atoms in total. The van der Waals surface area contributed by atoms with Gasteiger partial charge in [0, 0.05) is 11.6 Å². The van der Waals surface area contributed by atoms with Gasteiger partial charge >= 0.3 is 6.36 Å². The van der Waals surface area contributed by atoms with E-state index >= 15 is 0 Å². The lowest BCUT2D eigenvalue weighted by atomic mass is 9.89. The van der Waals surface area contributed by atoms with Crippen LogP contribution in [0.4, 0.5) is 13.2 Å². The molecule has 1 saturated carbocycles. The molecule has 2 aliphatic rings. The average molecular weight is 345 g/mol. The van der Waals surface area contributed by atoms with Gasteiger partial charge in [-0.25, -0.2) is 0 Å². The summed E-state index contributed by atoms with van der Waals surface area (Å²) >= 11 is 0. The summed E-state index contributed by atoms with van der Waals surface area (Å²) in [5.41, 5.74) is 0.285. The van der Waals surface area contributed by atoms with Gasteiger partial charge in [0.25, 0.3) is 5.91 Å². The van der Waals surface area contributed by atoms with E-state index in [9.17, 15) is 18.0 Å². The summed E-state index contributed by atoms with van der Waals surface area (Å²) in [6, 6.07) is 4.82. The van der Waals surface area contributed by atoms with Crippen LogP contribution in [0, 0.1) is 0 Å². The highest BCUT2D eigenvalue weighted by molar-refractivity contribution is 5.94. The molecule has 1 aromatic rings. The number of hydrogen-bond acceptors (Lipinski definition) is 4. The molecular weight excluding hydrogens is 327 g/mol. The van der Waals surface area contributed by atoms with Crippen LogP contribution in [-0.2, 0) is 9.47 Å². The first-order valence-electron chi connectivity index (χ1n) is 7.80. The molecule has 3 atom stereocenters. The lowest BCUT2D eigenvalue weighted by Crippen LogP contribution is -2.49. The van der Waals surface area contributed by atoms with Crippen LogP contribution in [0.25, 0.3) is 0 Å². The first kappa shape index (κ1) is 17.0. The molecule has 0 aromatic heterocycles. The van der Waals surface area contributed by atoms with Crippen molar-refractivity contribution in [3.63, 3.8) is 0 Å². The summed E-state index contributed by atoms with van der Waals surface area (Å²) in [7, 11) is 0. The molecular formula is C16H18F3NO4. The Labute approximate surface area is 137 Å². The fraction of sp³-hybridized carbons (Fsp3) is 0.562. The van der Waals surface area contributed by atoms with E-state index in [-0.39, 0.29) is 35.5 Å². The van der Waals surface area contributed by atoms with E-state index in [4.69, 9.17) is 9.47 Å². The van der Waals surface area contributed by atoms with E-state index in [1.807, 2.05) is 0 Å². The second-order valence-corrected chi connectivity index (χ2v) is 5.87. The maximum Gasteiger partial charge on any atom is 0.573 e. The number of nitrogens with one attached hydrogen (secondary N) is 1. The maximum absolute atomic E-state index is 12.2. The van der Waals surface area contributed by atoms with Gasteiger partial charge < -0.3 is 19.5 Å². The predicted octanol–water partition coefficient (Wildman–Crippen LogP) is 2.65. The third-order valence-electron chi connectivity index (χ3n) is 4.16. The minimum absolute atomic E-state index is 0.0136. The molecule has 3 unspecified atom stereocenters. The Hall–Kier alpha value is -1.80. The van der Waals surface area contributed by atoms with Gasteiger partial charge in [-0.15, -0.1) is 13.2 Å². The molecule has 0 spiro atoms. The average Bonchev–Trinajstić information content (AvgIpc) is 2.54. The van der Waals surface area contributed by atoms with Gasteiger partial charge in [-0.3, -0.25) is 4.79 Å². The van der Waals surface area contributed by atoms with Crippen LogP contribution in [0.5, 0.6) is 5.75 Å². The van der Waals surface area contributed by atoms with Crippen molar-refractivity contribution in [3.8, 4) is 5.75 Å². The number of benzene rings is 1. The van der Waals surface area contributed by atoms with Gasteiger partial charge in [0.05, 0.1) is 25.4 Å². The number of amides is 1. The molecule has 24 heavy (non-hydrogen) atoms. The summed E-state index contributed by atoms with van der Waals surface area (Å²) in [5, 5.41) is 2.90. The molecule has 0 bridgehead atoms. The monoisotopic (exact) mass is 345 g/mol. The van der Waals surface area contributed by atoms with Gasteiger partial charge in [-0.2, -0.15) is 0 Å². The van der Waals surface area contributed by atoms with E-state index < -0.39 is 6.36 Å². The molecule has 132 valence electrons. The first-order valence-corrected chi connectivity index (χ1v) is 7.80. The van der Waals surface area contributed by atoms with Crippen molar-refractivity contribution in [1.82, 2.24) is 5.32 Å². The molecule has 2 fully saturated rings. The molecule has 0 radical (unpaired) electrons. The quantitative estimate of drug-likeness (QED) is 0.915. The first-order chi connectivity index (χ1) is 11.4.